The molecule has 0 saturated carbocycles. The summed E-state index contributed by atoms with van der Waals surface area (Å²) in [6, 6.07) is 6.73. The lowest BCUT2D eigenvalue weighted by molar-refractivity contribution is -0.120. The third-order valence-corrected chi connectivity index (χ3v) is 8.96. The van der Waals surface area contributed by atoms with E-state index < -0.39 is 19.9 Å². The summed E-state index contributed by atoms with van der Waals surface area (Å²) in [6.45, 7) is 0.335. The minimum atomic E-state index is -3.79. The maximum absolute atomic E-state index is 12.9. The number of carbonyl (C=O) groups is 2. The van der Waals surface area contributed by atoms with Crippen molar-refractivity contribution in [2.24, 2.45) is 5.92 Å². The Kier molecular flexibility index (Phi) is 6.84. The third-order valence-electron chi connectivity index (χ3n) is 5.09. The van der Waals surface area contributed by atoms with Crippen LogP contribution in [-0.4, -0.2) is 59.3 Å². The summed E-state index contributed by atoms with van der Waals surface area (Å²) >= 11 is 1.25. The van der Waals surface area contributed by atoms with Gasteiger partial charge in [-0.1, -0.05) is 0 Å². The van der Waals surface area contributed by atoms with Crippen molar-refractivity contribution in [2.45, 2.75) is 22.6 Å². The van der Waals surface area contributed by atoms with E-state index in [2.05, 4.69) is 10.6 Å². The summed E-state index contributed by atoms with van der Waals surface area (Å²) in [4.78, 5) is 24.5. The zero-order chi connectivity index (χ0) is 22.8. The van der Waals surface area contributed by atoms with Crippen LogP contribution in [0.3, 0.4) is 0 Å². The Hall–Kier alpha value is -2.28. The number of thiophene rings is 1. The Labute approximate surface area is 185 Å². The molecule has 1 fully saturated rings. The van der Waals surface area contributed by atoms with Crippen molar-refractivity contribution in [3.8, 4) is 0 Å². The van der Waals surface area contributed by atoms with Crippen LogP contribution in [0.1, 0.15) is 23.2 Å². The van der Waals surface area contributed by atoms with Crippen LogP contribution in [0.25, 0.3) is 0 Å². The predicted octanol–water partition coefficient (Wildman–Crippen LogP) is 1.55. The van der Waals surface area contributed by atoms with Crippen LogP contribution in [-0.2, 0) is 24.7 Å². The van der Waals surface area contributed by atoms with Crippen LogP contribution in [0.5, 0.6) is 0 Å². The Bertz CT molecular complexity index is 1180. The topological polar surface area (TPSA) is 130 Å². The van der Waals surface area contributed by atoms with Gasteiger partial charge in [-0.15, -0.1) is 11.3 Å². The summed E-state index contributed by atoms with van der Waals surface area (Å²) in [5.41, 5.74) is 0.387. The molecule has 2 heterocycles. The first kappa shape index (κ1) is 23.4. The van der Waals surface area contributed by atoms with Crippen molar-refractivity contribution >= 4 is 48.0 Å². The lowest BCUT2D eigenvalue weighted by Crippen LogP contribution is -2.41. The van der Waals surface area contributed by atoms with Crippen LogP contribution < -0.4 is 10.6 Å². The van der Waals surface area contributed by atoms with Gasteiger partial charge in [0.1, 0.15) is 5.00 Å². The van der Waals surface area contributed by atoms with E-state index in [-0.39, 0.29) is 40.6 Å². The molecule has 168 valence electrons. The molecule has 3 rings (SSSR count). The van der Waals surface area contributed by atoms with Gasteiger partial charge in [-0.2, -0.15) is 4.31 Å². The lowest BCUT2D eigenvalue weighted by Gasteiger charge is -2.30. The van der Waals surface area contributed by atoms with E-state index in [9.17, 15) is 26.4 Å². The van der Waals surface area contributed by atoms with Crippen LogP contribution in [0, 0.1) is 5.92 Å². The fourth-order valence-corrected chi connectivity index (χ4v) is 6.19. The van der Waals surface area contributed by atoms with Crippen molar-refractivity contribution in [3.05, 3.63) is 41.3 Å². The molecular weight excluding hydrogens is 462 g/mol. The van der Waals surface area contributed by atoms with Crippen molar-refractivity contribution in [1.29, 1.82) is 0 Å². The molecule has 0 aliphatic carbocycles. The highest BCUT2D eigenvalue weighted by molar-refractivity contribution is 7.90. The molecule has 0 atom stereocenters. The molecule has 2 amide bonds. The van der Waals surface area contributed by atoms with Crippen molar-refractivity contribution in [1.82, 2.24) is 9.62 Å². The molecule has 1 aliphatic heterocycles. The molecule has 1 aromatic carbocycles. The number of amides is 2. The molecule has 1 saturated heterocycles. The van der Waals surface area contributed by atoms with E-state index in [0.29, 0.717) is 23.4 Å². The first-order valence-electron chi connectivity index (χ1n) is 9.44. The standard InChI is InChI=1S/C19H23N3O6S3/c1-20-18(24)16-9-12-29-19(16)21-17(23)13-7-10-22(11-8-13)31(27,28)15-5-3-14(4-6-15)30(2,25)26/h3-6,9,12-13H,7-8,10-11H2,1-2H3,(H,20,24)(H,21,23). The van der Waals surface area contributed by atoms with E-state index in [0.717, 1.165) is 6.26 Å². The minimum Gasteiger partial charge on any atom is -0.355 e. The van der Waals surface area contributed by atoms with E-state index >= 15 is 0 Å². The van der Waals surface area contributed by atoms with Crippen LogP contribution in [0.4, 0.5) is 5.00 Å². The normalized spacial score (nSPS) is 16.1. The van der Waals surface area contributed by atoms with Gasteiger partial charge in [0, 0.05) is 32.3 Å². The van der Waals surface area contributed by atoms with E-state index in [1.165, 1.54) is 47.0 Å². The Morgan fingerprint density at radius 2 is 1.58 bits per heavy atom. The number of nitrogens with one attached hydrogen (secondary N) is 2. The molecule has 31 heavy (non-hydrogen) atoms. The van der Waals surface area contributed by atoms with Crippen LogP contribution in [0.15, 0.2) is 45.5 Å². The fraction of sp³-hybridized carbons (Fsp3) is 0.368. The maximum atomic E-state index is 12.9. The van der Waals surface area contributed by atoms with Gasteiger partial charge >= 0.3 is 0 Å². The molecule has 1 aliphatic rings. The number of rotatable bonds is 6. The highest BCUT2D eigenvalue weighted by atomic mass is 32.2. The smallest absolute Gasteiger partial charge is 0.254 e. The third kappa shape index (κ3) is 5.14. The number of carbonyl (C=O) groups excluding carboxylic acids is 2. The van der Waals surface area contributed by atoms with Crippen LogP contribution in [0.2, 0.25) is 0 Å². The number of piperidine rings is 1. The van der Waals surface area contributed by atoms with E-state index in [1.807, 2.05) is 0 Å². The fourth-order valence-electron chi connectivity index (χ4n) is 3.30. The number of nitrogens with zero attached hydrogens (tertiary/aromatic N) is 1. The van der Waals surface area contributed by atoms with Crippen molar-refractivity contribution < 1.29 is 26.4 Å². The van der Waals surface area contributed by atoms with Crippen molar-refractivity contribution in [3.63, 3.8) is 0 Å². The minimum absolute atomic E-state index is 0.0107. The number of hydrogen-bond acceptors (Lipinski definition) is 7. The molecule has 0 radical (unpaired) electrons. The molecule has 0 bridgehead atoms. The number of benzene rings is 1. The second-order valence-corrected chi connectivity index (χ2v) is 12.0. The van der Waals surface area contributed by atoms with Gasteiger partial charge in [-0.3, -0.25) is 9.59 Å². The number of sulfonamides is 1. The van der Waals surface area contributed by atoms with Gasteiger partial charge in [-0.25, -0.2) is 16.8 Å². The monoisotopic (exact) mass is 485 g/mol. The number of sulfone groups is 1. The largest absolute Gasteiger partial charge is 0.355 e. The quantitative estimate of drug-likeness (QED) is 0.639. The molecule has 1 aromatic heterocycles. The van der Waals surface area contributed by atoms with Gasteiger partial charge in [-0.05, 0) is 48.6 Å². The van der Waals surface area contributed by atoms with Crippen molar-refractivity contribution in [2.75, 3.05) is 31.7 Å². The second-order valence-electron chi connectivity index (χ2n) is 7.15. The van der Waals surface area contributed by atoms with Crippen LogP contribution >= 0.6 is 11.3 Å². The predicted molar refractivity (Wildman–Crippen MR) is 117 cm³/mol. The van der Waals surface area contributed by atoms with Gasteiger partial charge in [0.05, 0.1) is 15.4 Å². The summed E-state index contributed by atoms with van der Waals surface area (Å²) in [6.07, 6.45) is 1.74. The van der Waals surface area contributed by atoms with E-state index in [1.54, 1.807) is 11.4 Å². The zero-order valence-corrected chi connectivity index (χ0v) is 19.4. The molecule has 2 aromatic rings. The SMILES string of the molecule is CNC(=O)c1ccsc1NC(=O)C1CCN(S(=O)(=O)c2ccc(S(C)(=O)=O)cc2)CC1. The average molecular weight is 486 g/mol. The summed E-state index contributed by atoms with van der Waals surface area (Å²) in [7, 11) is -5.69. The Morgan fingerprint density at radius 3 is 2.13 bits per heavy atom. The number of hydrogen-bond donors (Lipinski definition) is 2. The molecule has 0 unspecified atom stereocenters. The van der Waals surface area contributed by atoms with E-state index in [4.69, 9.17) is 0 Å². The zero-order valence-electron chi connectivity index (χ0n) is 17.0. The maximum Gasteiger partial charge on any atom is 0.254 e. The highest BCUT2D eigenvalue weighted by Gasteiger charge is 2.32. The Morgan fingerprint density at radius 1 is 1.00 bits per heavy atom. The highest BCUT2D eigenvalue weighted by Crippen LogP contribution is 2.28. The number of anilines is 1. The first-order valence-corrected chi connectivity index (χ1v) is 13.7. The summed E-state index contributed by atoms with van der Waals surface area (Å²) in [5, 5.41) is 7.47. The van der Waals surface area contributed by atoms with Gasteiger partial charge in [0.15, 0.2) is 9.84 Å². The molecule has 2 N–H and O–H groups in total. The van der Waals surface area contributed by atoms with Gasteiger partial charge < -0.3 is 10.6 Å². The summed E-state index contributed by atoms with van der Waals surface area (Å²) in [5.74, 6) is -0.916. The first-order chi connectivity index (χ1) is 14.5. The molecule has 9 nitrogen and oxygen atoms in total. The van der Waals surface area contributed by atoms with Gasteiger partial charge in [0.25, 0.3) is 5.91 Å². The summed E-state index contributed by atoms with van der Waals surface area (Å²) < 4.78 is 50.2. The molecule has 0 spiro atoms. The second kappa shape index (κ2) is 9.07. The lowest BCUT2D eigenvalue weighted by atomic mass is 9.97. The molecule has 12 heteroatoms. The average Bonchev–Trinajstić information content (AvgIpc) is 3.20. The Balaban J connectivity index is 1.64. The van der Waals surface area contributed by atoms with Gasteiger partial charge in [0.2, 0.25) is 15.9 Å². The molecular formula is C19H23N3O6S3.